The maximum atomic E-state index is 9.58. The number of aliphatic hydroxyl groups excluding tert-OH is 1. The van der Waals surface area contributed by atoms with Crippen LogP contribution in [0.2, 0.25) is 0 Å². The molecule has 13 heavy (non-hydrogen) atoms. The van der Waals surface area contributed by atoms with Crippen LogP contribution in [0.25, 0.3) is 0 Å². The van der Waals surface area contributed by atoms with Crippen LogP contribution in [0.3, 0.4) is 0 Å². The van der Waals surface area contributed by atoms with Crippen LogP contribution in [0, 0.1) is 0 Å². The molecule has 0 aromatic heterocycles. The number of hydrogen-bond acceptors (Lipinski definition) is 4. The van der Waals surface area contributed by atoms with Crippen LogP contribution < -0.4 is 0 Å². The third-order valence-electron chi connectivity index (χ3n) is 2.54. The summed E-state index contributed by atoms with van der Waals surface area (Å²) in [6, 6.07) is 0.226. The van der Waals surface area contributed by atoms with Gasteiger partial charge in [0, 0.05) is 13.2 Å². The first-order chi connectivity index (χ1) is 6.06. The van der Waals surface area contributed by atoms with E-state index in [0.29, 0.717) is 0 Å². The number of likely N-dealkylation sites (N-methyl/N-ethyl adjacent to an activating group) is 1. The van der Waals surface area contributed by atoms with E-state index in [2.05, 4.69) is 4.90 Å². The molecule has 1 heterocycles. The number of methoxy groups -OCH3 is 1. The second-order valence-electron chi connectivity index (χ2n) is 3.80. The van der Waals surface area contributed by atoms with Gasteiger partial charge in [-0.3, -0.25) is 0 Å². The first-order valence-corrected chi connectivity index (χ1v) is 4.59. The smallest absolute Gasteiger partial charge is 0.182 e. The summed E-state index contributed by atoms with van der Waals surface area (Å²) in [5.41, 5.74) is 0. The molecule has 0 bridgehead atoms. The van der Waals surface area contributed by atoms with E-state index in [1.807, 2.05) is 21.0 Å². The van der Waals surface area contributed by atoms with E-state index < -0.39 is 6.29 Å². The van der Waals surface area contributed by atoms with E-state index in [4.69, 9.17) is 9.47 Å². The van der Waals surface area contributed by atoms with Crippen LogP contribution in [0.5, 0.6) is 0 Å². The lowest BCUT2D eigenvalue weighted by atomic mass is 9.99. The van der Waals surface area contributed by atoms with Crippen molar-refractivity contribution in [3.05, 3.63) is 0 Å². The number of rotatable bonds is 2. The van der Waals surface area contributed by atoms with Gasteiger partial charge in [0.1, 0.15) is 6.10 Å². The van der Waals surface area contributed by atoms with Crippen molar-refractivity contribution in [2.75, 3.05) is 21.2 Å². The molecule has 0 aromatic carbocycles. The number of nitrogens with zero attached hydrogens (tertiary/aromatic N) is 1. The third-order valence-corrected chi connectivity index (χ3v) is 2.54. The second-order valence-corrected chi connectivity index (χ2v) is 3.80. The number of ether oxygens (including phenoxy) is 2. The van der Waals surface area contributed by atoms with Gasteiger partial charge in [-0.2, -0.15) is 0 Å². The SMILES string of the molecule is CO[C@H]1[C@H](O)O[C@H](C)C[C@@H]1N(C)C. The first kappa shape index (κ1) is 10.9. The van der Waals surface area contributed by atoms with Gasteiger partial charge in [0.15, 0.2) is 6.29 Å². The molecule has 0 spiro atoms. The van der Waals surface area contributed by atoms with Gasteiger partial charge in [-0.15, -0.1) is 0 Å². The molecule has 0 aromatic rings. The highest BCUT2D eigenvalue weighted by Crippen LogP contribution is 2.23. The molecule has 1 aliphatic heterocycles. The van der Waals surface area contributed by atoms with E-state index in [1.54, 1.807) is 7.11 Å². The van der Waals surface area contributed by atoms with E-state index in [9.17, 15) is 5.11 Å². The fourth-order valence-electron chi connectivity index (χ4n) is 1.81. The molecule has 0 saturated carbocycles. The van der Waals surface area contributed by atoms with E-state index in [1.165, 1.54) is 0 Å². The molecule has 1 N–H and O–H groups in total. The average molecular weight is 189 g/mol. The summed E-state index contributed by atoms with van der Waals surface area (Å²) in [5.74, 6) is 0. The van der Waals surface area contributed by atoms with Crippen molar-refractivity contribution in [2.24, 2.45) is 0 Å². The summed E-state index contributed by atoms with van der Waals surface area (Å²) >= 11 is 0. The fourth-order valence-corrected chi connectivity index (χ4v) is 1.81. The summed E-state index contributed by atoms with van der Waals surface area (Å²) in [4.78, 5) is 2.07. The Kier molecular flexibility index (Phi) is 3.67. The zero-order valence-corrected chi connectivity index (χ0v) is 8.73. The molecule has 4 heteroatoms. The Hall–Kier alpha value is -0.160. The lowest BCUT2D eigenvalue weighted by molar-refractivity contribution is -0.237. The quantitative estimate of drug-likeness (QED) is 0.667. The molecule has 0 amide bonds. The van der Waals surface area contributed by atoms with Crippen molar-refractivity contribution in [3.8, 4) is 0 Å². The molecule has 1 fully saturated rings. The van der Waals surface area contributed by atoms with Crippen molar-refractivity contribution in [1.29, 1.82) is 0 Å². The van der Waals surface area contributed by atoms with E-state index in [0.717, 1.165) is 6.42 Å². The maximum Gasteiger partial charge on any atom is 0.182 e. The Morgan fingerprint density at radius 1 is 1.46 bits per heavy atom. The van der Waals surface area contributed by atoms with E-state index in [-0.39, 0.29) is 18.2 Å². The van der Waals surface area contributed by atoms with Crippen LogP contribution in [0.4, 0.5) is 0 Å². The first-order valence-electron chi connectivity index (χ1n) is 4.59. The molecule has 4 atom stereocenters. The van der Waals surface area contributed by atoms with E-state index >= 15 is 0 Å². The molecule has 0 unspecified atom stereocenters. The summed E-state index contributed by atoms with van der Waals surface area (Å²) in [7, 11) is 5.58. The normalized spacial score (nSPS) is 41.1. The monoisotopic (exact) mass is 189 g/mol. The van der Waals surface area contributed by atoms with Gasteiger partial charge in [-0.1, -0.05) is 0 Å². The van der Waals surface area contributed by atoms with Crippen molar-refractivity contribution in [1.82, 2.24) is 4.90 Å². The summed E-state index contributed by atoms with van der Waals surface area (Å²) in [5, 5.41) is 9.58. The van der Waals surface area contributed by atoms with Crippen molar-refractivity contribution < 1.29 is 14.6 Å². The van der Waals surface area contributed by atoms with Gasteiger partial charge in [-0.25, -0.2) is 0 Å². The maximum absolute atomic E-state index is 9.58. The molecule has 78 valence electrons. The lowest BCUT2D eigenvalue weighted by Crippen LogP contribution is -2.54. The predicted octanol–water partition coefficient (Wildman–Crippen LogP) is 0.0588. The summed E-state index contributed by atoms with van der Waals surface area (Å²) in [6.45, 7) is 1.96. The van der Waals surface area contributed by atoms with Crippen molar-refractivity contribution >= 4 is 0 Å². The molecular weight excluding hydrogens is 170 g/mol. The van der Waals surface area contributed by atoms with Crippen LogP contribution >= 0.6 is 0 Å². The van der Waals surface area contributed by atoms with Gasteiger partial charge in [0.25, 0.3) is 0 Å². The second kappa shape index (κ2) is 4.37. The molecule has 1 rings (SSSR count). The average Bonchev–Trinajstić information content (AvgIpc) is 2.02. The van der Waals surface area contributed by atoms with Crippen molar-refractivity contribution in [3.63, 3.8) is 0 Å². The number of hydrogen-bond donors (Lipinski definition) is 1. The minimum Gasteiger partial charge on any atom is -0.375 e. The lowest BCUT2D eigenvalue weighted by Gasteiger charge is -2.40. The third kappa shape index (κ3) is 2.40. The molecule has 0 radical (unpaired) electrons. The van der Waals surface area contributed by atoms with Gasteiger partial charge in [0.05, 0.1) is 6.10 Å². The van der Waals surface area contributed by atoms with Crippen LogP contribution in [-0.2, 0) is 9.47 Å². The number of aliphatic hydroxyl groups is 1. The van der Waals surface area contributed by atoms with Crippen LogP contribution in [0.1, 0.15) is 13.3 Å². The van der Waals surface area contributed by atoms with Crippen LogP contribution in [0.15, 0.2) is 0 Å². The summed E-state index contributed by atoms with van der Waals surface area (Å²) < 4.78 is 10.5. The minimum atomic E-state index is -0.804. The Bertz CT molecular complexity index is 163. The standard InChI is InChI=1S/C9H19NO3/c1-6-5-7(10(2)3)8(12-4)9(11)13-6/h6-9,11H,5H2,1-4H3/t6-,7+,8-,9-/m1/s1. The van der Waals surface area contributed by atoms with Crippen LogP contribution in [-0.4, -0.2) is 55.8 Å². The Morgan fingerprint density at radius 3 is 2.54 bits per heavy atom. The molecule has 0 aliphatic carbocycles. The molecular formula is C9H19NO3. The highest BCUT2D eigenvalue weighted by atomic mass is 16.6. The fraction of sp³-hybridized carbons (Fsp3) is 1.00. The highest BCUT2D eigenvalue weighted by molar-refractivity contribution is 4.85. The predicted molar refractivity (Wildman–Crippen MR) is 49.4 cm³/mol. The molecule has 4 nitrogen and oxygen atoms in total. The minimum absolute atomic E-state index is 0.0915. The van der Waals surface area contributed by atoms with Crippen molar-refractivity contribution in [2.45, 2.75) is 37.9 Å². The van der Waals surface area contributed by atoms with Gasteiger partial charge in [0.2, 0.25) is 0 Å². The zero-order chi connectivity index (χ0) is 10.0. The molecule has 1 saturated heterocycles. The Morgan fingerprint density at radius 2 is 2.08 bits per heavy atom. The highest BCUT2D eigenvalue weighted by Gasteiger charge is 2.37. The van der Waals surface area contributed by atoms with Gasteiger partial charge >= 0.3 is 0 Å². The largest absolute Gasteiger partial charge is 0.375 e. The zero-order valence-electron chi connectivity index (χ0n) is 8.73. The molecule has 1 aliphatic rings. The Labute approximate surface area is 79.4 Å². The van der Waals surface area contributed by atoms with Gasteiger partial charge in [-0.05, 0) is 27.4 Å². The Balaban J connectivity index is 2.66. The summed E-state index contributed by atoms with van der Waals surface area (Å²) in [6.07, 6.45) is -0.0658. The topological polar surface area (TPSA) is 41.9 Å². The van der Waals surface area contributed by atoms with Gasteiger partial charge < -0.3 is 19.5 Å².